The van der Waals surface area contributed by atoms with Crippen LogP contribution in [0.4, 0.5) is 8.78 Å². The topological polar surface area (TPSA) is 21.3 Å². The van der Waals surface area contributed by atoms with Crippen LogP contribution in [0.15, 0.2) is 0 Å². The summed E-state index contributed by atoms with van der Waals surface area (Å²) >= 11 is 0. The van der Waals surface area contributed by atoms with Gasteiger partial charge in [0.25, 0.3) is 5.92 Å². The van der Waals surface area contributed by atoms with E-state index < -0.39 is 5.92 Å². The van der Waals surface area contributed by atoms with Crippen molar-refractivity contribution in [3.63, 3.8) is 0 Å². The Bertz CT molecular complexity index is 215. The molecule has 2 rings (SSSR count). The van der Waals surface area contributed by atoms with Crippen molar-refractivity contribution in [1.29, 1.82) is 0 Å². The molecule has 2 unspecified atom stereocenters. The van der Waals surface area contributed by atoms with Crippen LogP contribution in [0.5, 0.6) is 0 Å². The number of rotatable bonds is 2. The zero-order valence-electron chi connectivity index (χ0n) is 9.68. The molecule has 0 bridgehead atoms. The van der Waals surface area contributed by atoms with Crippen LogP contribution in [0.1, 0.15) is 44.9 Å². The Morgan fingerprint density at radius 3 is 2.62 bits per heavy atom. The van der Waals surface area contributed by atoms with Gasteiger partial charge in [-0.25, -0.2) is 8.78 Å². The second kappa shape index (κ2) is 5.41. The van der Waals surface area contributed by atoms with E-state index in [1.807, 2.05) is 0 Å². The first kappa shape index (κ1) is 12.2. The molecule has 0 aromatic carbocycles. The fourth-order valence-electron chi connectivity index (χ4n) is 2.64. The monoisotopic (exact) mass is 233 g/mol. The quantitative estimate of drug-likeness (QED) is 0.791. The lowest BCUT2D eigenvalue weighted by molar-refractivity contribution is -0.117. The van der Waals surface area contributed by atoms with Crippen molar-refractivity contribution in [2.24, 2.45) is 0 Å². The van der Waals surface area contributed by atoms with Crippen molar-refractivity contribution in [2.75, 3.05) is 13.1 Å². The van der Waals surface area contributed by atoms with E-state index in [-0.39, 0.29) is 25.0 Å². The molecular weight excluding hydrogens is 212 g/mol. The summed E-state index contributed by atoms with van der Waals surface area (Å²) in [7, 11) is 0. The number of hydrogen-bond donors (Lipinski definition) is 1. The van der Waals surface area contributed by atoms with Crippen LogP contribution in [0.2, 0.25) is 0 Å². The number of nitrogens with one attached hydrogen (secondary N) is 1. The molecule has 1 aliphatic carbocycles. The van der Waals surface area contributed by atoms with Crippen molar-refractivity contribution < 1.29 is 13.5 Å². The third kappa shape index (κ3) is 3.67. The van der Waals surface area contributed by atoms with Crippen LogP contribution < -0.4 is 5.32 Å². The molecular formula is C12H21F2NO. The maximum atomic E-state index is 13.2. The maximum Gasteiger partial charge on any atom is 0.250 e. The van der Waals surface area contributed by atoms with Gasteiger partial charge in [-0.2, -0.15) is 0 Å². The molecule has 1 aliphatic heterocycles. The first-order valence-electron chi connectivity index (χ1n) is 6.40. The van der Waals surface area contributed by atoms with Crippen LogP contribution in [0, 0.1) is 0 Å². The first-order chi connectivity index (χ1) is 7.66. The number of hydrogen-bond acceptors (Lipinski definition) is 2. The molecule has 0 aromatic heterocycles. The van der Waals surface area contributed by atoms with Crippen LogP contribution >= 0.6 is 0 Å². The molecule has 1 heterocycles. The highest BCUT2D eigenvalue weighted by molar-refractivity contribution is 4.80. The Kier molecular flexibility index (Phi) is 4.14. The van der Waals surface area contributed by atoms with Gasteiger partial charge in [-0.3, -0.25) is 0 Å². The van der Waals surface area contributed by atoms with E-state index in [1.165, 1.54) is 0 Å². The maximum absolute atomic E-state index is 13.2. The van der Waals surface area contributed by atoms with Gasteiger partial charge in [0.1, 0.15) is 0 Å². The predicted molar refractivity (Wildman–Crippen MR) is 58.8 cm³/mol. The van der Waals surface area contributed by atoms with Gasteiger partial charge < -0.3 is 10.1 Å². The van der Waals surface area contributed by atoms with Gasteiger partial charge in [-0.05, 0) is 45.2 Å². The molecule has 2 nitrogen and oxygen atoms in total. The van der Waals surface area contributed by atoms with Crippen LogP contribution in [-0.2, 0) is 4.74 Å². The highest BCUT2D eigenvalue weighted by Gasteiger charge is 2.37. The number of halogens is 2. The van der Waals surface area contributed by atoms with Crippen molar-refractivity contribution in [3.05, 3.63) is 0 Å². The summed E-state index contributed by atoms with van der Waals surface area (Å²) < 4.78 is 32.2. The third-order valence-electron chi connectivity index (χ3n) is 3.50. The van der Waals surface area contributed by atoms with Gasteiger partial charge in [0.2, 0.25) is 0 Å². The molecule has 1 saturated heterocycles. The molecule has 94 valence electrons. The number of alkyl halides is 2. The summed E-state index contributed by atoms with van der Waals surface area (Å²) in [6, 6.07) is 0. The minimum Gasteiger partial charge on any atom is -0.375 e. The van der Waals surface area contributed by atoms with Gasteiger partial charge >= 0.3 is 0 Å². The van der Waals surface area contributed by atoms with Gasteiger partial charge in [0, 0.05) is 12.8 Å². The molecule has 4 heteroatoms. The van der Waals surface area contributed by atoms with Gasteiger partial charge in [-0.1, -0.05) is 0 Å². The molecule has 0 spiro atoms. The lowest BCUT2D eigenvalue weighted by Crippen LogP contribution is -2.34. The van der Waals surface area contributed by atoms with E-state index in [9.17, 15) is 8.78 Å². The largest absolute Gasteiger partial charge is 0.375 e. The molecule has 2 atom stereocenters. The van der Waals surface area contributed by atoms with Crippen LogP contribution in [0.25, 0.3) is 0 Å². The molecule has 2 aliphatic rings. The fourth-order valence-corrected chi connectivity index (χ4v) is 2.64. The second-order valence-corrected chi connectivity index (χ2v) is 5.01. The highest BCUT2D eigenvalue weighted by Crippen LogP contribution is 2.35. The Balaban J connectivity index is 1.79. The summed E-state index contributed by atoms with van der Waals surface area (Å²) in [6.07, 6.45) is 4.41. The van der Waals surface area contributed by atoms with Crippen LogP contribution in [0.3, 0.4) is 0 Å². The second-order valence-electron chi connectivity index (χ2n) is 5.01. The first-order valence-corrected chi connectivity index (χ1v) is 6.40. The molecule has 1 saturated carbocycles. The lowest BCUT2D eigenvalue weighted by Gasteiger charge is -2.31. The normalized spacial score (nSPS) is 35.6. The molecule has 0 aromatic rings. The van der Waals surface area contributed by atoms with E-state index in [1.54, 1.807) is 0 Å². The summed E-state index contributed by atoms with van der Waals surface area (Å²) in [5.41, 5.74) is 0. The summed E-state index contributed by atoms with van der Waals surface area (Å²) in [6.45, 7) is 1.98. The van der Waals surface area contributed by atoms with E-state index in [2.05, 4.69) is 5.32 Å². The SMILES string of the molecule is FC1(F)CCCC(OC2CCCNCC2)C1. The predicted octanol–water partition coefficient (Wildman–Crippen LogP) is 2.72. The molecule has 2 fully saturated rings. The smallest absolute Gasteiger partial charge is 0.250 e. The van der Waals surface area contributed by atoms with Gasteiger partial charge in [-0.15, -0.1) is 0 Å². The zero-order valence-corrected chi connectivity index (χ0v) is 9.68. The molecule has 0 amide bonds. The average molecular weight is 233 g/mol. The Morgan fingerprint density at radius 1 is 1.00 bits per heavy atom. The third-order valence-corrected chi connectivity index (χ3v) is 3.50. The Labute approximate surface area is 95.7 Å². The van der Waals surface area contributed by atoms with Crippen molar-refractivity contribution >= 4 is 0 Å². The van der Waals surface area contributed by atoms with Crippen LogP contribution in [-0.4, -0.2) is 31.2 Å². The van der Waals surface area contributed by atoms with E-state index in [0.717, 1.165) is 38.8 Å². The summed E-state index contributed by atoms with van der Waals surface area (Å²) in [5.74, 6) is -2.49. The van der Waals surface area contributed by atoms with E-state index in [0.29, 0.717) is 6.42 Å². The lowest BCUT2D eigenvalue weighted by atomic mass is 9.94. The Hall–Kier alpha value is -0.220. The van der Waals surface area contributed by atoms with Crippen molar-refractivity contribution in [3.8, 4) is 0 Å². The molecule has 1 N–H and O–H groups in total. The zero-order chi connectivity index (χ0) is 11.4. The summed E-state index contributed by atoms with van der Waals surface area (Å²) in [4.78, 5) is 0. The van der Waals surface area contributed by atoms with E-state index >= 15 is 0 Å². The highest BCUT2D eigenvalue weighted by atomic mass is 19.3. The fraction of sp³-hybridized carbons (Fsp3) is 1.00. The van der Waals surface area contributed by atoms with Gasteiger partial charge in [0.15, 0.2) is 0 Å². The number of ether oxygens (including phenoxy) is 1. The summed E-state index contributed by atoms with van der Waals surface area (Å²) in [5, 5.41) is 3.30. The minimum absolute atomic E-state index is 0.0408. The molecule has 0 radical (unpaired) electrons. The Morgan fingerprint density at radius 2 is 1.81 bits per heavy atom. The van der Waals surface area contributed by atoms with Crippen molar-refractivity contribution in [1.82, 2.24) is 5.32 Å². The van der Waals surface area contributed by atoms with Crippen molar-refractivity contribution in [2.45, 2.75) is 63.1 Å². The van der Waals surface area contributed by atoms with Gasteiger partial charge in [0.05, 0.1) is 12.2 Å². The van der Waals surface area contributed by atoms with E-state index in [4.69, 9.17) is 4.74 Å². The minimum atomic E-state index is -2.49. The standard InChI is InChI=1S/C12H21F2NO/c13-12(14)6-1-3-11(9-12)16-10-4-2-7-15-8-5-10/h10-11,15H,1-9H2. The average Bonchev–Trinajstić information content (AvgIpc) is 2.45. The molecule has 16 heavy (non-hydrogen) atoms.